The maximum Gasteiger partial charge on any atom is 0.267 e. The number of methoxy groups -OCH3 is 1. The zero-order valence-corrected chi connectivity index (χ0v) is 18.1. The monoisotopic (exact) mass is 450 g/mol. The average molecular weight is 450 g/mol. The van der Waals surface area contributed by atoms with E-state index < -0.39 is 11.5 Å². The number of benzene rings is 2. The highest BCUT2D eigenvalue weighted by Crippen LogP contribution is 2.38. The van der Waals surface area contributed by atoms with Crippen LogP contribution in [-0.2, 0) is 16.1 Å². The van der Waals surface area contributed by atoms with Crippen LogP contribution in [0.3, 0.4) is 0 Å². The molecule has 2 N–H and O–H groups in total. The van der Waals surface area contributed by atoms with Crippen LogP contribution in [0.25, 0.3) is 11.3 Å². The summed E-state index contributed by atoms with van der Waals surface area (Å²) >= 11 is 0. The Morgan fingerprint density at radius 3 is 2.24 bits per heavy atom. The Morgan fingerprint density at radius 1 is 1.00 bits per heavy atom. The molecule has 10 heteroatoms. The molecule has 0 fully saturated rings. The SMILES string of the molecule is COc1ccc(-c2ccc(=O)n(CC(=O)Nc3cc4c(cc3NC(C)=O)OCCO4)n2)cc1. The van der Waals surface area contributed by atoms with Gasteiger partial charge in [-0.15, -0.1) is 0 Å². The van der Waals surface area contributed by atoms with Gasteiger partial charge in [0.1, 0.15) is 25.5 Å². The first-order valence-electron chi connectivity index (χ1n) is 10.2. The number of aromatic nitrogens is 2. The number of hydrogen-bond acceptors (Lipinski definition) is 7. The number of carbonyl (C=O) groups excluding carboxylic acids is 2. The van der Waals surface area contributed by atoms with E-state index in [2.05, 4.69) is 15.7 Å². The van der Waals surface area contributed by atoms with Crippen molar-refractivity contribution < 1.29 is 23.8 Å². The molecule has 0 bridgehead atoms. The summed E-state index contributed by atoms with van der Waals surface area (Å²) in [5.41, 5.74) is 1.55. The van der Waals surface area contributed by atoms with E-state index in [0.717, 1.165) is 10.2 Å². The molecule has 0 radical (unpaired) electrons. The molecule has 1 aliphatic rings. The maximum absolute atomic E-state index is 12.8. The van der Waals surface area contributed by atoms with Crippen molar-refractivity contribution in [2.24, 2.45) is 0 Å². The fraction of sp³-hybridized carbons (Fsp3) is 0.217. The second-order valence-electron chi connectivity index (χ2n) is 7.21. The molecule has 2 aromatic carbocycles. The molecule has 0 saturated heterocycles. The summed E-state index contributed by atoms with van der Waals surface area (Å²) in [5, 5.41) is 9.68. The van der Waals surface area contributed by atoms with E-state index in [-0.39, 0.29) is 12.5 Å². The van der Waals surface area contributed by atoms with Crippen molar-refractivity contribution in [3.63, 3.8) is 0 Å². The zero-order chi connectivity index (χ0) is 23.4. The molecule has 10 nitrogen and oxygen atoms in total. The maximum atomic E-state index is 12.8. The fourth-order valence-electron chi connectivity index (χ4n) is 3.29. The predicted molar refractivity (Wildman–Crippen MR) is 121 cm³/mol. The molecule has 0 spiro atoms. The van der Waals surface area contributed by atoms with Gasteiger partial charge >= 0.3 is 0 Å². The lowest BCUT2D eigenvalue weighted by molar-refractivity contribution is -0.117. The Kier molecular flexibility index (Phi) is 6.25. The van der Waals surface area contributed by atoms with Crippen molar-refractivity contribution in [1.29, 1.82) is 0 Å². The number of ether oxygens (including phenoxy) is 3. The topological polar surface area (TPSA) is 121 Å². The molecule has 1 aliphatic heterocycles. The van der Waals surface area contributed by atoms with E-state index >= 15 is 0 Å². The van der Waals surface area contributed by atoms with Crippen LogP contribution in [0.4, 0.5) is 11.4 Å². The van der Waals surface area contributed by atoms with Crippen LogP contribution >= 0.6 is 0 Å². The quantitative estimate of drug-likeness (QED) is 0.591. The summed E-state index contributed by atoms with van der Waals surface area (Å²) in [6.45, 7) is 1.79. The van der Waals surface area contributed by atoms with Gasteiger partial charge in [-0.2, -0.15) is 5.10 Å². The molecule has 0 atom stereocenters. The van der Waals surface area contributed by atoms with Gasteiger partial charge in [0.2, 0.25) is 11.8 Å². The third kappa shape index (κ3) is 5.12. The van der Waals surface area contributed by atoms with E-state index in [1.54, 1.807) is 37.4 Å². The number of fused-ring (bicyclic) bond motifs is 1. The Hall–Kier alpha value is -4.34. The zero-order valence-electron chi connectivity index (χ0n) is 18.1. The molecule has 3 aromatic rings. The molecule has 170 valence electrons. The van der Waals surface area contributed by atoms with Crippen molar-refractivity contribution in [3.8, 4) is 28.5 Å². The number of amides is 2. The van der Waals surface area contributed by atoms with Gasteiger partial charge in [-0.05, 0) is 30.3 Å². The van der Waals surface area contributed by atoms with E-state index in [1.165, 1.54) is 13.0 Å². The summed E-state index contributed by atoms with van der Waals surface area (Å²) in [5.74, 6) is 0.795. The van der Waals surface area contributed by atoms with Gasteiger partial charge in [-0.25, -0.2) is 4.68 Å². The number of nitrogens with zero attached hydrogens (tertiary/aromatic N) is 2. The lowest BCUT2D eigenvalue weighted by atomic mass is 10.1. The number of rotatable bonds is 6. The highest BCUT2D eigenvalue weighted by molar-refractivity contribution is 5.99. The molecule has 4 rings (SSSR count). The Balaban J connectivity index is 1.56. The number of hydrogen-bond donors (Lipinski definition) is 2. The summed E-state index contributed by atoms with van der Waals surface area (Å²) in [7, 11) is 1.57. The van der Waals surface area contributed by atoms with Gasteiger partial charge in [0.05, 0.1) is 24.2 Å². The van der Waals surface area contributed by atoms with E-state index in [0.29, 0.717) is 47.5 Å². The first-order chi connectivity index (χ1) is 15.9. The van der Waals surface area contributed by atoms with Crippen LogP contribution < -0.4 is 30.4 Å². The van der Waals surface area contributed by atoms with Crippen molar-refractivity contribution >= 4 is 23.2 Å². The third-order valence-electron chi connectivity index (χ3n) is 4.81. The number of nitrogens with one attached hydrogen (secondary N) is 2. The first kappa shape index (κ1) is 21.9. The number of carbonyl (C=O) groups is 2. The smallest absolute Gasteiger partial charge is 0.267 e. The van der Waals surface area contributed by atoms with E-state index in [1.807, 2.05) is 12.1 Å². The lowest BCUT2D eigenvalue weighted by Crippen LogP contribution is -2.29. The minimum atomic E-state index is -0.500. The largest absolute Gasteiger partial charge is 0.497 e. The molecule has 2 heterocycles. The Labute approximate surface area is 189 Å². The Bertz CT molecular complexity index is 1250. The molecule has 33 heavy (non-hydrogen) atoms. The van der Waals surface area contributed by atoms with Crippen LogP contribution in [0, 0.1) is 0 Å². The van der Waals surface area contributed by atoms with Crippen LogP contribution in [0.1, 0.15) is 6.92 Å². The van der Waals surface area contributed by atoms with Crippen molar-refractivity contribution in [2.45, 2.75) is 13.5 Å². The van der Waals surface area contributed by atoms with Crippen LogP contribution in [0.2, 0.25) is 0 Å². The van der Waals surface area contributed by atoms with Crippen LogP contribution in [0.15, 0.2) is 53.3 Å². The second-order valence-corrected chi connectivity index (χ2v) is 7.21. The second kappa shape index (κ2) is 9.43. The fourth-order valence-corrected chi connectivity index (χ4v) is 3.29. The van der Waals surface area contributed by atoms with E-state index in [9.17, 15) is 14.4 Å². The van der Waals surface area contributed by atoms with Gasteiger partial charge in [-0.3, -0.25) is 14.4 Å². The van der Waals surface area contributed by atoms with Crippen molar-refractivity contribution in [2.75, 3.05) is 31.0 Å². The summed E-state index contributed by atoms with van der Waals surface area (Å²) < 4.78 is 17.3. The minimum absolute atomic E-state index is 0.313. The normalized spacial score (nSPS) is 12.1. The average Bonchev–Trinajstić information content (AvgIpc) is 2.80. The van der Waals surface area contributed by atoms with Crippen molar-refractivity contribution in [3.05, 3.63) is 58.9 Å². The molecule has 2 amide bonds. The first-order valence-corrected chi connectivity index (χ1v) is 10.2. The Morgan fingerprint density at radius 2 is 1.64 bits per heavy atom. The van der Waals surface area contributed by atoms with Gasteiger partial charge in [0, 0.05) is 30.7 Å². The highest BCUT2D eigenvalue weighted by atomic mass is 16.6. The van der Waals surface area contributed by atoms with E-state index in [4.69, 9.17) is 14.2 Å². The van der Waals surface area contributed by atoms with Crippen LogP contribution in [0.5, 0.6) is 17.2 Å². The summed E-state index contributed by atoms with van der Waals surface area (Å²) in [6, 6.07) is 13.3. The van der Waals surface area contributed by atoms with Gasteiger partial charge < -0.3 is 24.8 Å². The van der Waals surface area contributed by atoms with Crippen molar-refractivity contribution in [1.82, 2.24) is 9.78 Å². The summed E-state index contributed by atoms with van der Waals surface area (Å²) in [4.78, 5) is 36.7. The molecule has 1 aromatic heterocycles. The molecular formula is C23H22N4O6. The number of anilines is 2. The minimum Gasteiger partial charge on any atom is -0.497 e. The predicted octanol–water partition coefficient (Wildman–Crippen LogP) is 2.29. The standard InChI is InChI=1S/C23H22N4O6/c1-14(28)24-18-11-20-21(33-10-9-32-20)12-19(18)25-22(29)13-27-23(30)8-7-17(26-27)15-3-5-16(31-2)6-4-15/h3-8,11-12H,9-10,13H2,1-2H3,(H,24,28)(H,25,29). The molecule has 0 unspecified atom stereocenters. The molecular weight excluding hydrogens is 428 g/mol. The molecule has 0 aliphatic carbocycles. The third-order valence-corrected chi connectivity index (χ3v) is 4.81. The lowest BCUT2D eigenvalue weighted by Gasteiger charge is -2.21. The van der Waals surface area contributed by atoms with Gasteiger partial charge in [-0.1, -0.05) is 0 Å². The van der Waals surface area contributed by atoms with Gasteiger partial charge in [0.25, 0.3) is 5.56 Å². The summed E-state index contributed by atoms with van der Waals surface area (Å²) in [6.07, 6.45) is 0. The molecule has 0 saturated carbocycles. The van der Waals surface area contributed by atoms with Crippen LogP contribution in [-0.4, -0.2) is 41.9 Å². The highest BCUT2D eigenvalue weighted by Gasteiger charge is 2.18. The van der Waals surface area contributed by atoms with Gasteiger partial charge in [0.15, 0.2) is 11.5 Å².